The molecular weight excluding hydrogens is 360 g/mol. The first-order valence-corrected chi connectivity index (χ1v) is 9.62. The molecular formula is C20H30N4O4. The lowest BCUT2D eigenvalue weighted by molar-refractivity contribution is -0.143. The number of rotatable bonds is 9. The van der Waals surface area contributed by atoms with Gasteiger partial charge in [-0.1, -0.05) is 13.8 Å². The van der Waals surface area contributed by atoms with E-state index in [1.807, 2.05) is 32.4 Å². The molecule has 0 saturated heterocycles. The highest BCUT2D eigenvalue weighted by Crippen LogP contribution is 2.25. The third-order valence-electron chi connectivity index (χ3n) is 4.38. The lowest BCUT2D eigenvalue weighted by Crippen LogP contribution is -2.39. The van der Waals surface area contributed by atoms with Crippen LogP contribution in [0.5, 0.6) is 0 Å². The minimum Gasteiger partial charge on any atom is -0.465 e. The molecule has 2 aromatic heterocycles. The van der Waals surface area contributed by atoms with Crippen molar-refractivity contribution in [3.63, 3.8) is 0 Å². The van der Waals surface area contributed by atoms with Crippen molar-refractivity contribution in [3.8, 4) is 0 Å². The smallest absolute Gasteiger partial charge is 0.325 e. The van der Waals surface area contributed by atoms with Crippen LogP contribution in [0.2, 0.25) is 0 Å². The molecule has 0 saturated carbocycles. The van der Waals surface area contributed by atoms with E-state index in [1.54, 1.807) is 26.3 Å². The van der Waals surface area contributed by atoms with Gasteiger partial charge in [0.15, 0.2) is 5.65 Å². The number of methoxy groups -OCH3 is 1. The number of nitrogens with zero attached hydrogens (tertiary/aromatic N) is 4. The summed E-state index contributed by atoms with van der Waals surface area (Å²) in [6, 6.07) is 1.91. The first-order valence-electron chi connectivity index (χ1n) is 9.62. The second-order valence-electron chi connectivity index (χ2n) is 7.19. The summed E-state index contributed by atoms with van der Waals surface area (Å²) in [7, 11) is 1.56. The number of esters is 1. The summed E-state index contributed by atoms with van der Waals surface area (Å²) in [5, 5.41) is 5.09. The van der Waals surface area contributed by atoms with Gasteiger partial charge in [-0.2, -0.15) is 5.10 Å². The number of carbonyl (C=O) groups is 2. The fraction of sp³-hybridized carbons (Fsp3) is 0.600. The molecule has 0 aliphatic carbocycles. The van der Waals surface area contributed by atoms with Crippen molar-refractivity contribution in [2.45, 2.75) is 46.6 Å². The summed E-state index contributed by atoms with van der Waals surface area (Å²) in [6.45, 7) is 10.6. The molecule has 28 heavy (non-hydrogen) atoms. The highest BCUT2D eigenvalue weighted by atomic mass is 16.5. The third kappa shape index (κ3) is 4.86. The molecule has 1 amide bonds. The van der Waals surface area contributed by atoms with E-state index in [1.165, 1.54) is 4.90 Å². The molecule has 0 radical (unpaired) electrons. The molecule has 0 aromatic carbocycles. The van der Waals surface area contributed by atoms with Crippen molar-refractivity contribution < 1.29 is 19.1 Å². The van der Waals surface area contributed by atoms with Crippen molar-refractivity contribution in [1.82, 2.24) is 19.7 Å². The van der Waals surface area contributed by atoms with Crippen LogP contribution in [0, 0.1) is 0 Å². The van der Waals surface area contributed by atoms with Gasteiger partial charge in [0.2, 0.25) is 0 Å². The molecule has 0 unspecified atom stereocenters. The second kappa shape index (κ2) is 9.64. The maximum absolute atomic E-state index is 13.4. The lowest BCUT2D eigenvalue weighted by Gasteiger charge is -2.22. The standard InChI is InChI=1S/C20H30N4O4/c1-7-28-18(25)12-23(8-9-27-6)20(26)15-10-17(13(2)3)22-19-16(15)11-21-24(19)14(4)5/h10-11,13-14H,7-9,12H2,1-6H3. The van der Waals surface area contributed by atoms with Gasteiger partial charge in [-0.15, -0.1) is 0 Å². The SMILES string of the molecule is CCOC(=O)CN(CCOC)C(=O)c1cc(C(C)C)nc2c1cnn2C(C)C. The Bertz CT molecular complexity index is 829. The molecule has 8 nitrogen and oxygen atoms in total. The van der Waals surface area contributed by atoms with E-state index in [0.717, 1.165) is 5.69 Å². The zero-order valence-corrected chi connectivity index (χ0v) is 17.6. The van der Waals surface area contributed by atoms with Gasteiger partial charge in [0, 0.05) is 25.4 Å². The first-order chi connectivity index (χ1) is 13.3. The summed E-state index contributed by atoms with van der Waals surface area (Å²) in [4.78, 5) is 31.5. The van der Waals surface area contributed by atoms with E-state index in [-0.39, 0.29) is 37.6 Å². The summed E-state index contributed by atoms with van der Waals surface area (Å²) in [6.07, 6.45) is 1.67. The van der Waals surface area contributed by atoms with Gasteiger partial charge in [-0.05, 0) is 32.8 Å². The molecule has 154 valence electrons. The lowest BCUT2D eigenvalue weighted by atomic mass is 10.0. The molecule has 0 atom stereocenters. The number of ether oxygens (including phenoxy) is 2. The number of fused-ring (bicyclic) bond motifs is 1. The van der Waals surface area contributed by atoms with Crippen LogP contribution in [0.15, 0.2) is 12.3 Å². The Morgan fingerprint density at radius 3 is 2.54 bits per heavy atom. The summed E-state index contributed by atoms with van der Waals surface area (Å²) in [5.41, 5.74) is 1.97. The number of hydrogen-bond donors (Lipinski definition) is 0. The van der Waals surface area contributed by atoms with Crippen molar-refractivity contribution in [3.05, 3.63) is 23.5 Å². The van der Waals surface area contributed by atoms with E-state index in [0.29, 0.717) is 23.2 Å². The van der Waals surface area contributed by atoms with Gasteiger partial charge >= 0.3 is 5.97 Å². The van der Waals surface area contributed by atoms with Gasteiger partial charge in [0.1, 0.15) is 6.54 Å². The minimum absolute atomic E-state index is 0.111. The predicted octanol–water partition coefficient (Wildman–Crippen LogP) is 2.79. The summed E-state index contributed by atoms with van der Waals surface area (Å²) < 4.78 is 11.9. The van der Waals surface area contributed by atoms with Crippen LogP contribution < -0.4 is 0 Å². The van der Waals surface area contributed by atoms with Gasteiger partial charge < -0.3 is 14.4 Å². The zero-order valence-electron chi connectivity index (χ0n) is 17.6. The van der Waals surface area contributed by atoms with Crippen LogP contribution in [0.4, 0.5) is 0 Å². The maximum atomic E-state index is 13.4. The number of hydrogen-bond acceptors (Lipinski definition) is 6. The van der Waals surface area contributed by atoms with Crippen LogP contribution in [0.3, 0.4) is 0 Å². The normalized spacial score (nSPS) is 11.4. The van der Waals surface area contributed by atoms with Crippen LogP contribution in [-0.4, -0.2) is 65.0 Å². The van der Waals surface area contributed by atoms with E-state index in [4.69, 9.17) is 14.5 Å². The molecule has 2 heterocycles. The highest BCUT2D eigenvalue weighted by Gasteiger charge is 2.24. The molecule has 8 heteroatoms. The highest BCUT2D eigenvalue weighted by molar-refractivity contribution is 6.06. The number of carbonyl (C=O) groups excluding carboxylic acids is 2. The van der Waals surface area contributed by atoms with E-state index in [9.17, 15) is 9.59 Å². The fourth-order valence-corrected chi connectivity index (χ4v) is 2.87. The quantitative estimate of drug-likeness (QED) is 0.612. The van der Waals surface area contributed by atoms with E-state index in [2.05, 4.69) is 5.10 Å². The van der Waals surface area contributed by atoms with Crippen molar-refractivity contribution in [1.29, 1.82) is 0 Å². The Morgan fingerprint density at radius 2 is 1.96 bits per heavy atom. The van der Waals surface area contributed by atoms with Crippen molar-refractivity contribution in [2.24, 2.45) is 0 Å². The van der Waals surface area contributed by atoms with E-state index >= 15 is 0 Å². The van der Waals surface area contributed by atoms with Gasteiger partial charge in [0.05, 0.1) is 30.4 Å². The largest absolute Gasteiger partial charge is 0.465 e. The minimum atomic E-state index is -0.445. The Hall–Kier alpha value is -2.48. The monoisotopic (exact) mass is 390 g/mol. The van der Waals surface area contributed by atoms with Gasteiger partial charge in [-0.25, -0.2) is 9.67 Å². The van der Waals surface area contributed by atoms with E-state index < -0.39 is 5.97 Å². The Labute approximate surface area is 165 Å². The average Bonchev–Trinajstić information content (AvgIpc) is 3.08. The molecule has 0 spiro atoms. The van der Waals surface area contributed by atoms with Crippen molar-refractivity contribution >= 4 is 22.9 Å². The Kier molecular flexibility index (Phi) is 7.51. The molecule has 0 fully saturated rings. The summed E-state index contributed by atoms with van der Waals surface area (Å²) in [5.74, 6) is -0.564. The molecule has 0 N–H and O–H groups in total. The molecule has 0 bridgehead atoms. The van der Waals surface area contributed by atoms with Crippen LogP contribution in [0.25, 0.3) is 11.0 Å². The molecule has 0 aliphatic heterocycles. The van der Waals surface area contributed by atoms with Crippen LogP contribution in [0.1, 0.15) is 62.6 Å². The Morgan fingerprint density at radius 1 is 1.25 bits per heavy atom. The third-order valence-corrected chi connectivity index (χ3v) is 4.38. The molecule has 2 rings (SSSR count). The maximum Gasteiger partial charge on any atom is 0.325 e. The van der Waals surface area contributed by atoms with Crippen LogP contribution >= 0.6 is 0 Å². The topological polar surface area (TPSA) is 86.5 Å². The summed E-state index contributed by atoms with van der Waals surface area (Å²) >= 11 is 0. The second-order valence-corrected chi connectivity index (χ2v) is 7.19. The fourth-order valence-electron chi connectivity index (χ4n) is 2.87. The van der Waals surface area contributed by atoms with Crippen molar-refractivity contribution in [2.75, 3.05) is 33.4 Å². The molecule has 2 aromatic rings. The molecule has 0 aliphatic rings. The first kappa shape index (κ1) is 21.8. The predicted molar refractivity (Wildman–Crippen MR) is 106 cm³/mol. The number of amides is 1. The van der Waals surface area contributed by atoms with Gasteiger partial charge in [-0.3, -0.25) is 9.59 Å². The van der Waals surface area contributed by atoms with Crippen LogP contribution in [-0.2, 0) is 14.3 Å². The number of aromatic nitrogens is 3. The zero-order chi connectivity index (χ0) is 20.8. The number of pyridine rings is 1. The van der Waals surface area contributed by atoms with Gasteiger partial charge in [0.25, 0.3) is 5.91 Å². The average molecular weight is 390 g/mol. The Balaban J connectivity index is 2.52.